The summed E-state index contributed by atoms with van der Waals surface area (Å²) in [4.78, 5) is 10.7. The molecule has 0 atom stereocenters. The van der Waals surface area contributed by atoms with Crippen LogP contribution in [-0.4, -0.2) is 48.9 Å². The lowest BCUT2D eigenvalue weighted by Gasteiger charge is -2.34. The fraction of sp³-hybridized carbons (Fsp3) is 0.238. The Morgan fingerprint density at radius 2 is 1.62 bits per heavy atom. The normalized spacial score (nSPS) is 15.2. The molecule has 4 rings (SSSR count). The van der Waals surface area contributed by atoms with Crippen LogP contribution in [0.1, 0.15) is 5.56 Å². The van der Waals surface area contributed by atoms with Gasteiger partial charge < -0.3 is 9.64 Å². The Morgan fingerprint density at radius 3 is 2.28 bits per heavy atom. The van der Waals surface area contributed by atoms with Crippen molar-refractivity contribution < 1.29 is 13.2 Å². The molecule has 0 bridgehead atoms. The van der Waals surface area contributed by atoms with Crippen molar-refractivity contribution in [1.82, 2.24) is 14.3 Å². The Morgan fingerprint density at radius 1 is 0.897 bits per heavy atom. The number of ether oxygens (including phenoxy) is 1. The Balaban J connectivity index is 1.37. The monoisotopic (exact) mass is 410 g/mol. The minimum absolute atomic E-state index is 0.275. The molecule has 1 aliphatic rings. The van der Waals surface area contributed by atoms with Crippen LogP contribution in [0.25, 0.3) is 0 Å². The highest BCUT2D eigenvalue weighted by Gasteiger charge is 2.28. The van der Waals surface area contributed by atoms with E-state index in [-0.39, 0.29) is 4.90 Å². The van der Waals surface area contributed by atoms with E-state index in [2.05, 4.69) is 9.97 Å². The van der Waals surface area contributed by atoms with Gasteiger partial charge in [0, 0.05) is 38.6 Å². The first kappa shape index (κ1) is 19.4. The molecule has 0 unspecified atom stereocenters. The van der Waals surface area contributed by atoms with Gasteiger partial charge in [0.25, 0.3) is 0 Å². The number of hydrogen-bond donors (Lipinski definition) is 0. The Labute approximate surface area is 170 Å². The molecule has 29 heavy (non-hydrogen) atoms. The molecule has 3 aromatic rings. The van der Waals surface area contributed by atoms with E-state index >= 15 is 0 Å². The van der Waals surface area contributed by atoms with Gasteiger partial charge in [0.2, 0.25) is 10.0 Å². The minimum atomic E-state index is -3.54. The summed E-state index contributed by atoms with van der Waals surface area (Å²) in [5, 5.41) is 0. The van der Waals surface area contributed by atoms with E-state index in [4.69, 9.17) is 4.74 Å². The third kappa shape index (κ3) is 4.55. The Hall–Kier alpha value is -2.97. The first-order chi connectivity index (χ1) is 14.1. The van der Waals surface area contributed by atoms with Crippen LogP contribution >= 0.6 is 0 Å². The average molecular weight is 410 g/mol. The van der Waals surface area contributed by atoms with E-state index < -0.39 is 10.0 Å². The van der Waals surface area contributed by atoms with Crippen LogP contribution < -0.4 is 9.64 Å². The summed E-state index contributed by atoms with van der Waals surface area (Å²) in [5.41, 5.74) is 1.06. The fourth-order valence-corrected chi connectivity index (χ4v) is 4.63. The minimum Gasteiger partial charge on any atom is -0.489 e. The van der Waals surface area contributed by atoms with Crippen LogP contribution in [-0.2, 0) is 16.6 Å². The second-order valence-electron chi connectivity index (χ2n) is 6.70. The van der Waals surface area contributed by atoms with Gasteiger partial charge in [-0.1, -0.05) is 30.3 Å². The third-order valence-electron chi connectivity index (χ3n) is 4.82. The van der Waals surface area contributed by atoms with Crippen molar-refractivity contribution in [3.63, 3.8) is 0 Å². The number of rotatable bonds is 6. The highest BCUT2D eigenvalue weighted by atomic mass is 32.2. The second kappa shape index (κ2) is 8.59. The second-order valence-corrected chi connectivity index (χ2v) is 8.64. The first-order valence-electron chi connectivity index (χ1n) is 9.41. The van der Waals surface area contributed by atoms with Crippen molar-refractivity contribution in [3.8, 4) is 5.75 Å². The zero-order valence-electron chi connectivity index (χ0n) is 15.9. The predicted molar refractivity (Wildman–Crippen MR) is 110 cm³/mol. The summed E-state index contributed by atoms with van der Waals surface area (Å²) >= 11 is 0. The SMILES string of the molecule is O=S(=O)(c1ccc(OCc2ccccc2)cc1)N1CCN(c2cnccn2)CC1. The summed E-state index contributed by atoms with van der Waals surface area (Å²) in [6, 6.07) is 16.4. The molecule has 8 heteroatoms. The van der Waals surface area contributed by atoms with Crippen LogP contribution in [0.2, 0.25) is 0 Å². The molecule has 1 aromatic heterocycles. The molecule has 1 saturated heterocycles. The van der Waals surface area contributed by atoms with Crippen LogP contribution in [0.5, 0.6) is 5.75 Å². The molecule has 0 spiro atoms. The summed E-state index contributed by atoms with van der Waals surface area (Å²) in [6.07, 6.45) is 4.95. The molecule has 1 aliphatic heterocycles. The molecule has 0 N–H and O–H groups in total. The standard InChI is InChI=1S/C21H22N4O3S/c26-29(27,25-14-12-24(13-15-25)21-16-22-10-11-23-21)20-8-6-19(7-9-20)28-17-18-4-2-1-3-5-18/h1-11,16H,12-15,17H2. The van der Waals surface area contributed by atoms with Gasteiger partial charge in [-0.15, -0.1) is 0 Å². The van der Waals surface area contributed by atoms with Crippen LogP contribution in [0.3, 0.4) is 0 Å². The van der Waals surface area contributed by atoms with Gasteiger partial charge in [0.1, 0.15) is 18.2 Å². The molecule has 2 aromatic carbocycles. The average Bonchev–Trinajstić information content (AvgIpc) is 2.79. The van der Waals surface area contributed by atoms with E-state index in [0.717, 1.165) is 11.4 Å². The van der Waals surface area contributed by atoms with E-state index in [1.165, 1.54) is 4.31 Å². The molecule has 0 aliphatic carbocycles. The van der Waals surface area contributed by atoms with Gasteiger partial charge in [-0.2, -0.15) is 4.31 Å². The predicted octanol–water partition coefficient (Wildman–Crippen LogP) is 2.57. The molecule has 0 radical (unpaired) electrons. The zero-order valence-corrected chi connectivity index (χ0v) is 16.7. The molecular weight excluding hydrogens is 388 g/mol. The topological polar surface area (TPSA) is 75.6 Å². The number of anilines is 1. The largest absolute Gasteiger partial charge is 0.489 e. The van der Waals surface area contributed by atoms with Gasteiger partial charge >= 0.3 is 0 Å². The van der Waals surface area contributed by atoms with Crippen molar-refractivity contribution >= 4 is 15.8 Å². The van der Waals surface area contributed by atoms with E-state index in [1.54, 1.807) is 42.9 Å². The van der Waals surface area contributed by atoms with E-state index in [1.807, 2.05) is 35.2 Å². The maximum atomic E-state index is 13.0. The lowest BCUT2D eigenvalue weighted by Crippen LogP contribution is -2.48. The van der Waals surface area contributed by atoms with Crippen LogP contribution in [0.15, 0.2) is 78.1 Å². The zero-order chi connectivity index (χ0) is 20.1. The maximum Gasteiger partial charge on any atom is 0.243 e. The van der Waals surface area contributed by atoms with Crippen molar-refractivity contribution in [2.24, 2.45) is 0 Å². The van der Waals surface area contributed by atoms with Crippen LogP contribution in [0, 0.1) is 0 Å². The number of sulfonamides is 1. The number of nitrogens with zero attached hydrogens (tertiary/aromatic N) is 4. The molecule has 2 heterocycles. The lowest BCUT2D eigenvalue weighted by atomic mass is 10.2. The fourth-order valence-electron chi connectivity index (χ4n) is 3.21. The summed E-state index contributed by atoms with van der Waals surface area (Å²) < 4.78 is 33.2. The van der Waals surface area contributed by atoms with Gasteiger partial charge in [-0.25, -0.2) is 13.4 Å². The van der Waals surface area contributed by atoms with Crippen molar-refractivity contribution in [3.05, 3.63) is 78.8 Å². The van der Waals surface area contributed by atoms with Crippen molar-refractivity contribution in [1.29, 1.82) is 0 Å². The van der Waals surface area contributed by atoms with Crippen molar-refractivity contribution in [2.75, 3.05) is 31.1 Å². The maximum absolute atomic E-state index is 13.0. The highest BCUT2D eigenvalue weighted by molar-refractivity contribution is 7.89. The van der Waals surface area contributed by atoms with Crippen LogP contribution in [0.4, 0.5) is 5.82 Å². The number of benzene rings is 2. The quantitative estimate of drug-likeness (QED) is 0.622. The van der Waals surface area contributed by atoms with E-state index in [0.29, 0.717) is 38.5 Å². The highest BCUT2D eigenvalue weighted by Crippen LogP contribution is 2.22. The number of hydrogen-bond acceptors (Lipinski definition) is 6. The first-order valence-corrected chi connectivity index (χ1v) is 10.8. The van der Waals surface area contributed by atoms with Gasteiger partial charge in [-0.3, -0.25) is 4.98 Å². The van der Waals surface area contributed by atoms with E-state index in [9.17, 15) is 8.42 Å². The Bertz CT molecular complexity index is 1020. The molecule has 1 fully saturated rings. The summed E-state index contributed by atoms with van der Waals surface area (Å²) in [7, 11) is -3.54. The summed E-state index contributed by atoms with van der Waals surface area (Å²) in [5.74, 6) is 1.41. The summed E-state index contributed by atoms with van der Waals surface area (Å²) in [6.45, 7) is 2.42. The molecule has 150 valence electrons. The van der Waals surface area contributed by atoms with Crippen molar-refractivity contribution in [2.45, 2.75) is 11.5 Å². The molecule has 0 saturated carbocycles. The molecular formula is C21H22N4O3S. The smallest absolute Gasteiger partial charge is 0.243 e. The number of piperazine rings is 1. The molecule has 0 amide bonds. The third-order valence-corrected chi connectivity index (χ3v) is 6.73. The Kier molecular flexibility index (Phi) is 5.73. The molecule has 7 nitrogen and oxygen atoms in total. The van der Waals surface area contributed by atoms with Gasteiger partial charge in [-0.05, 0) is 29.8 Å². The number of aromatic nitrogens is 2. The van der Waals surface area contributed by atoms with Gasteiger partial charge in [0.15, 0.2) is 0 Å². The lowest BCUT2D eigenvalue weighted by molar-refractivity contribution is 0.306. The van der Waals surface area contributed by atoms with Gasteiger partial charge in [0.05, 0.1) is 11.1 Å².